The molecule has 95 heavy (non-hydrogen) atoms. The second-order valence-electron chi connectivity index (χ2n) is 24.9. The number of para-hydroxylation sites is 1. The molecule has 0 amide bonds. The molecule has 15 aromatic rings. The Kier molecular flexibility index (Phi) is 8.47. The van der Waals surface area contributed by atoms with Gasteiger partial charge in [0.15, 0.2) is 8.07 Å². The first-order valence-electron chi connectivity index (χ1n) is 47.3. The van der Waals surface area contributed by atoms with E-state index < -0.39 is 245 Å². The Morgan fingerprint density at radius 2 is 1.03 bits per heavy atom. The van der Waals surface area contributed by atoms with Crippen molar-refractivity contribution in [2.24, 2.45) is 0 Å². The predicted octanol–water partition coefficient (Wildman–Crippen LogP) is 19.6. The van der Waals surface area contributed by atoms with E-state index in [0.29, 0.717) is 32.9 Å². The van der Waals surface area contributed by atoms with Crippen LogP contribution in [0.15, 0.2) is 297 Å². The van der Waals surface area contributed by atoms with Crippen molar-refractivity contribution in [3.05, 3.63) is 331 Å². The van der Waals surface area contributed by atoms with Gasteiger partial charge in [0.1, 0.15) is 17.3 Å². The van der Waals surface area contributed by atoms with Gasteiger partial charge in [-0.15, -0.1) is 0 Å². The first kappa shape index (κ1) is 33.3. The second-order valence-corrected chi connectivity index (χ2v) is 28.4. The third-order valence-corrected chi connectivity index (χ3v) is 21.2. The number of fused-ring (bicyclic) bond motifs is 4. The fraction of sp³-hybridized carbons (Fsp3) is 0.124. The van der Waals surface area contributed by atoms with Gasteiger partial charge < -0.3 is 4.74 Å². The molecule has 3 aromatic heterocycles. The predicted molar refractivity (Wildman–Crippen MR) is 399 cm³/mol. The molecule has 0 bridgehead atoms. The van der Waals surface area contributed by atoms with Crippen molar-refractivity contribution < 1.29 is 55.9 Å². The fourth-order valence-electron chi connectivity index (χ4n) is 12.4. The highest BCUT2D eigenvalue weighted by atomic mass is 28.3. The van der Waals surface area contributed by atoms with E-state index in [-0.39, 0.29) is 67.5 Å². The first-order chi connectivity index (χ1) is 60.1. The molecule has 3 heterocycles. The number of hydrogen-bond acceptors (Lipinski definition) is 2. The molecule has 0 unspecified atom stereocenters. The van der Waals surface area contributed by atoms with E-state index in [4.69, 9.17) is 30.3 Å². The quantitative estimate of drug-likeness (QED) is 0.0499. The van der Waals surface area contributed by atoms with Crippen molar-refractivity contribution in [1.82, 2.24) is 14.1 Å². The topological polar surface area (TPSA) is 35.9 Å². The maximum absolute atomic E-state index is 10.4. The molecular formula is C89H76N4OSi. The van der Waals surface area contributed by atoms with Gasteiger partial charge in [-0.2, -0.15) is 0 Å². The molecule has 0 fully saturated rings. The largest absolute Gasteiger partial charge is 0.458 e. The Balaban J connectivity index is 1.14. The van der Waals surface area contributed by atoms with Crippen LogP contribution in [-0.4, -0.2) is 22.2 Å². The number of ether oxygens (including phenoxy) is 1. The number of hydrogen-bond donors (Lipinski definition) is 0. The van der Waals surface area contributed by atoms with E-state index in [1.165, 1.54) is 63.7 Å². The van der Waals surface area contributed by atoms with E-state index in [9.17, 15) is 26.0 Å². The molecular weight excluding hydrogens is 1170 g/mol. The van der Waals surface area contributed by atoms with E-state index in [0.717, 1.165) is 12.3 Å². The smallest absolute Gasteiger partial charge is 0.269 e. The van der Waals surface area contributed by atoms with Crippen LogP contribution in [0.1, 0.15) is 116 Å². The van der Waals surface area contributed by atoms with Crippen molar-refractivity contribution >= 4 is 61.7 Å². The Hall–Kier alpha value is -10.9. The summed E-state index contributed by atoms with van der Waals surface area (Å²) < 4.78 is 330. The van der Waals surface area contributed by atoms with E-state index in [1.54, 1.807) is 71.3 Å². The third-order valence-electron chi connectivity index (χ3n) is 17.0. The van der Waals surface area contributed by atoms with Gasteiger partial charge in [-0.3, -0.25) is 13.7 Å². The number of aryl methyl sites for hydroxylation is 3. The molecule has 0 N–H and O–H groups in total. The van der Waals surface area contributed by atoms with Gasteiger partial charge in [0, 0.05) is 40.9 Å². The summed E-state index contributed by atoms with van der Waals surface area (Å²) in [5.41, 5.74) is -3.07. The van der Waals surface area contributed by atoms with Crippen molar-refractivity contribution in [2.75, 3.05) is 0 Å². The Morgan fingerprint density at radius 3 is 1.65 bits per heavy atom. The van der Waals surface area contributed by atoms with E-state index >= 15 is 0 Å². The summed E-state index contributed by atoms with van der Waals surface area (Å²) in [6, 6.07) is 10.8. The molecule has 0 spiro atoms. The zero-order valence-corrected chi connectivity index (χ0v) is 53.1. The van der Waals surface area contributed by atoms with Crippen LogP contribution in [0.3, 0.4) is 0 Å². The lowest BCUT2D eigenvalue weighted by atomic mass is 9.78. The standard InChI is InChI=1S/C89H76N4OSi/c1-60-29-27-30-61(2)86(60)65-45-48-81-83(53-65)91(70-35-28-36-71(56-70)94-72-46-47-77-76-43-25-26-44-80(76)93(82(77)57-72)85-49-62(3)79(58-90-85)64-33-17-11-18-34-64)59-92(81)87-78(67-50-68(88(4,5)6)55-69(51-67)89(7,8)9)52-66(63-31-15-10-16-32-63)54-84(87)95(73-37-19-12-20-38-73,74-39-21-13-22-40-74)75-41-23-14-24-42-75/h10-58H,1-9H3/i1D3,2D3,3D3,10D,11D,12D,13D,14D,15D,16D,17D,18D,19D,20D,21D,22D,23D,24D,31D,32D,33D,34D,37D,38D,39D,40D,41D,42D. The molecule has 0 radical (unpaired) electrons. The van der Waals surface area contributed by atoms with E-state index in [1.807, 2.05) is 53.7 Å². The Morgan fingerprint density at radius 1 is 0.453 bits per heavy atom. The number of benzene rings is 12. The van der Waals surface area contributed by atoms with Crippen molar-refractivity contribution in [3.63, 3.8) is 0 Å². The number of pyridine rings is 1. The van der Waals surface area contributed by atoms with Gasteiger partial charge in [-0.1, -0.05) is 271 Å². The van der Waals surface area contributed by atoms with Gasteiger partial charge >= 0.3 is 0 Å². The molecule has 0 saturated heterocycles. The Labute approximate surface area is 607 Å². The normalized spacial score (nSPS) is 17.5. The molecule has 12 aromatic carbocycles. The van der Waals surface area contributed by atoms with Crippen molar-refractivity contribution in [1.29, 1.82) is 0 Å². The zero-order chi connectivity index (χ0) is 94.4. The van der Waals surface area contributed by atoms with Gasteiger partial charge in [0.05, 0.1) is 67.7 Å². The zero-order valence-electron chi connectivity index (χ0n) is 86.1. The molecule has 0 aliphatic heterocycles. The van der Waals surface area contributed by atoms with Crippen LogP contribution in [0.25, 0.3) is 94.5 Å². The highest BCUT2D eigenvalue weighted by molar-refractivity contribution is 7.20. The molecule has 6 heteroatoms. The minimum Gasteiger partial charge on any atom is -0.458 e. The molecule has 5 nitrogen and oxygen atoms in total. The summed E-state index contributed by atoms with van der Waals surface area (Å²) in [6.45, 7) is 2.42. The highest BCUT2D eigenvalue weighted by Crippen LogP contribution is 2.41. The van der Waals surface area contributed by atoms with Crippen LogP contribution >= 0.6 is 0 Å². The van der Waals surface area contributed by atoms with Crippen LogP contribution in [-0.2, 0) is 10.8 Å². The summed E-state index contributed by atoms with van der Waals surface area (Å²) in [6.07, 6.45) is 4.61. The number of nitrogens with zero attached hydrogens (tertiary/aromatic N) is 4. The summed E-state index contributed by atoms with van der Waals surface area (Å²) in [5.74, 6) is 0.199. The maximum atomic E-state index is 10.4. The SMILES string of the molecule is [2H]c1c([2H])c([2H])c(-c2cc(-c3cc(C(C)(C)C)cc(C(C)(C)C)c3)c(-[n+]3[c-]n(-c4cccc(Oc5ccc6c7ccccc7n(-c7cc(C([2H])([2H])[2H])c(-c8c([2H])c([2H])c([2H])c([2H])c8[2H])cn7)c6c5)c4)c4cc(-c5c(C([2H])([2H])[2H])cccc5C([2H])([2H])[2H])ccc43)c([Si](c3c([2H])c([2H])c([2H])c([2H])c3[2H])(c3c([2H])c([2H])c([2H])c([2H])c3[2H])c3c([2H])c([2H])c([2H])c([2H])c3[2H])c2)c([2H])c1[2H]. The van der Waals surface area contributed by atoms with Gasteiger partial charge in [0.2, 0.25) is 0 Å². The summed E-state index contributed by atoms with van der Waals surface area (Å²) >= 11 is 0. The van der Waals surface area contributed by atoms with Crippen molar-refractivity contribution in [3.8, 4) is 73.2 Å². The van der Waals surface area contributed by atoms with E-state index in [2.05, 4.69) is 6.33 Å². The minimum atomic E-state index is -6.58. The van der Waals surface area contributed by atoms with Gasteiger partial charge in [0.25, 0.3) is 6.33 Å². The number of imidazole rings is 1. The third kappa shape index (κ3) is 11.0. The number of rotatable bonds is 13. The Bertz CT molecular complexity index is 6960. The van der Waals surface area contributed by atoms with Crippen molar-refractivity contribution in [2.45, 2.75) is 72.9 Å². The van der Waals surface area contributed by atoms with Crippen LogP contribution < -0.4 is 30.1 Å². The molecule has 0 atom stereocenters. The fourth-order valence-corrected chi connectivity index (χ4v) is 16.4. The minimum absolute atomic E-state index is 0.0270. The maximum Gasteiger partial charge on any atom is 0.269 e. The summed E-state index contributed by atoms with van der Waals surface area (Å²) in [7, 11) is -6.58. The van der Waals surface area contributed by atoms with Crippen LogP contribution in [0.4, 0.5) is 0 Å². The van der Waals surface area contributed by atoms with Gasteiger partial charge in [-0.25, -0.2) is 4.98 Å². The molecule has 15 rings (SSSR count). The summed E-state index contributed by atoms with van der Waals surface area (Å²) in [5, 5.41) is -2.30. The monoisotopic (exact) mass is 1280 g/mol. The lowest BCUT2D eigenvalue weighted by Crippen LogP contribution is -2.76. The van der Waals surface area contributed by atoms with Crippen LogP contribution in [0, 0.1) is 26.9 Å². The van der Waals surface area contributed by atoms with Crippen LogP contribution in [0.5, 0.6) is 11.5 Å². The molecule has 0 aliphatic carbocycles. The number of aromatic nitrogens is 4. The molecule has 462 valence electrons. The van der Waals surface area contributed by atoms with Gasteiger partial charge in [-0.05, 0) is 173 Å². The first-order valence-corrected chi connectivity index (χ1v) is 32.3. The lowest BCUT2D eigenvalue weighted by Gasteiger charge is -2.37. The average molecular weight is 1280 g/mol. The lowest BCUT2D eigenvalue weighted by molar-refractivity contribution is -0.570. The summed E-state index contributed by atoms with van der Waals surface area (Å²) in [4.78, 5) is 4.73. The molecule has 0 saturated carbocycles. The highest BCUT2D eigenvalue weighted by Gasteiger charge is 2.44. The van der Waals surface area contributed by atoms with Crippen LogP contribution in [0.2, 0.25) is 0 Å². The second kappa shape index (κ2) is 24.2. The average Bonchev–Trinajstić information content (AvgIpc) is 1.54. The molecule has 0 aliphatic rings.